The van der Waals surface area contributed by atoms with Gasteiger partial charge in [-0.1, -0.05) is 41.4 Å². The normalized spacial score (nSPS) is 11.7. The third-order valence-corrected chi connectivity index (χ3v) is 6.74. The SMILES string of the molecule is CS(=O)(=O)N(CCCC(=O)Nc1ccc2c(c1)oc1ccccc12)c1cc(Cl)ccc1Cl. The lowest BCUT2D eigenvalue weighted by atomic mass is 10.1. The number of amides is 1. The van der Waals surface area contributed by atoms with E-state index in [2.05, 4.69) is 5.32 Å². The number of nitrogens with one attached hydrogen (secondary N) is 1. The molecule has 0 saturated carbocycles. The van der Waals surface area contributed by atoms with Crippen molar-refractivity contribution >= 4 is 72.4 Å². The Bertz CT molecular complexity index is 1420. The van der Waals surface area contributed by atoms with Crippen LogP contribution >= 0.6 is 23.2 Å². The molecule has 1 N–H and O–H groups in total. The zero-order chi connectivity index (χ0) is 22.9. The molecular formula is C23H20Cl2N2O4S. The van der Waals surface area contributed by atoms with E-state index in [0.717, 1.165) is 26.9 Å². The minimum atomic E-state index is -3.61. The number of nitrogens with zero attached hydrogens (tertiary/aromatic N) is 1. The van der Waals surface area contributed by atoms with Crippen LogP contribution in [0.3, 0.4) is 0 Å². The Balaban J connectivity index is 1.42. The molecule has 0 bridgehead atoms. The Hall–Kier alpha value is -2.74. The molecule has 0 unspecified atom stereocenters. The molecule has 0 aliphatic carbocycles. The fraction of sp³-hybridized carbons (Fsp3) is 0.174. The number of hydrogen-bond acceptors (Lipinski definition) is 4. The van der Waals surface area contributed by atoms with Crippen LogP contribution in [0.2, 0.25) is 10.0 Å². The van der Waals surface area contributed by atoms with Crippen molar-refractivity contribution < 1.29 is 17.6 Å². The van der Waals surface area contributed by atoms with Gasteiger partial charge in [0.05, 0.1) is 17.0 Å². The van der Waals surface area contributed by atoms with Gasteiger partial charge >= 0.3 is 0 Å². The Morgan fingerprint density at radius 2 is 1.75 bits per heavy atom. The summed E-state index contributed by atoms with van der Waals surface area (Å²) in [5.74, 6) is -0.230. The first-order chi connectivity index (χ1) is 15.2. The molecule has 0 spiro atoms. The predicted octanol–water partition coefficient (Wildman–Crippen LogP) is 6.08. The lowest BCUT2D eigenvalue weighted by molar-refractivity contribution is -0.116. The van der Waals surface area contributed by atoms with Crippen LogP contribution in [-0.2, 0) is 14.8 Å². The van der Waals surface area contributed by atoms with E-state index in [-0.39, 0.29) is 29.6 Å². The minimum absolute atomic E-state index is 0.0922. The molecule has 0 radical (unpaired) electrons. The standard InChI is InChI=1S/C23H20Cl2N2O4S/c1-32(29,30)27(20-13-15(24)8-11-19(20)25)12-4-7-23(28)26-16-9-10-18-17-5-2-3-6-21(17)31-22(18)14-16/h2-3,5-6,8-11,13-14H,4,7,12H2,1H3,(H,26,28). The molecule has 0 aliphatic heterocycles. The van der Waals surface area contributed by atoms with Crippen LogP contribution in [0.1, 0.15) is 12.8 Å². The topological polar surface area (TPSA) is 79.6 Å². The van der Waals surface area contributed by atoms with E-state index in [4.69, 9.17) is 27.6 Å². The highest BCUT2D eigenvalue weighted by Gasteiger charge is 2.20. The van der Waals surface area contributed by atoms with E-state index in [1.54, 1.807) is 12.1 Å². The third-order valence-electron chi connectivity index (χ3n) is 5.00. The Morgan fingerprint density at radius 3 is 2.53 bits per heavy atom. The Kier molecular flexibility index (Phi) is 6.33. The summed E-state index contributed by atoms with van der Waals surface area (Å²) in [5, 5.41) is 5.46. The highest BCUT2D eigenvalue weighted by Crippen LogP contribution is 2.32. The highest BCUT2D eigenvalue weighted by molar-refractivity contribution is 7.92. The summed E-state index contributed by atoms with van der Waals surface area (Å²) in [7, 11) is -3.61. The summed E-state index contributed by atoms with van der Waals surface area (Å²) in [4.78, 5) is 12.5. The third kappa shape index (κ3) is 4.85. The second-order valence-corrected chi connectivity index (χ2v) is 10.1. The van der Waals surface area contributed by atoms with Gasteiger partial charge in [-0.05, 0) is 42.8 Å². The van der Waals surface area contributed by atoms with Crippen LogP contribution in [0, 0.1) is 0 Å². The van der Waals surface area contributed by atoms with Crippen molar-refractivity contribution in [3.63, 3.8) is 0 Å². The number of hydrogen-bond donors (Lipinski definition) is 1. The molecule has 0 aliphatic rings. The molecule has 4 aromatic rings. The number of halogens is 2. The van der Waals surface area contributed by atoms with Crippen molar-refractivity contribution in [1.29, 1.82) is 0 Å². The maximum Gasteiger partial charge on any atom is 0.232 e. The first-order valence-electron chi connectivity index (χ1n) is 9.86. The number of rotatable bonds is 7. The largest absolute Gasteiger partial charge is 0.456 e. The van der Waals surface area contributed by atoms with Crippen LogP contribution in [0.5, 0.6) is 0 Å². The number of carbonyl (C=O) groups is 1. The second-order valence-electron chi connectivity index (χ2n) is 7.39. The fourth-order valence-electron chi connectivity index (χ4n) is 3.55. The maximum atomic E-state index is 12.5. The summed E-state index contributed by atoms with van der Waals surface area (Å²) in [5.41, 5.74) is 2.37. The molecule has 1 heterocycles. The number of furan rings is 1. The Morgan fingerprint density at radius 1 is 1.00 bits per heavy atom. The lowest BCUT2D eigenvalue weighted by Crippen LogP contribution is -2.31. The summed E-state index contributed by atoms with van der Waals surface area (Å²) < 4.78 is 31.6. The number of sulfonamides is 1. The molecule has 4 rings (SSSR count). The van der Waals surface area contributed by atoms with Gasteiger partial charge in [0.2, 0.25) is 15.9 Å². The van der Waals surface area contributed by atoms with Gasteiger partial charge in [-0.3, -0.25) is 9.10 Å². The molecular weight excluding hydrogens is 471 g/mol. The maximum absolute atomic E-state index is 12.5. The molecule has 0 atom stereocenters. The molecule has 0 fully saturated rings. The zero-order valence-corrected chi connectivity index (χ0v) is 19.5. The molecule has 1 amide bonds. The second kappa shape index (κ2) is 9.02. The predicted molar refractivity (Wildman–Crippen MR) is 130 cm³/mol. The quantitative estimate of drug-likeness (QED) is 0.340. The van der Waals surface area contributed by atoms with Gasteiger partial charge in [-0.15, -0.1) is 0 Å². The molecule has 3 aromatic carbocycles. The van der Waals surface area contributed by atoms with Crippen molar-refractivity contribution in [2.24, 2.45) is 0 Å². The van der Waals surface area contributed by atoms with Crippen molar-refractivity contribution in [1.82, 2.24) is 0 Å². The number of benzene rings is 3. The number of para-hydroxylation sites is 1. The van der Waals surface area contributed by atoms with E-state index in [9.17, 15) is 13.2 Å². The first kappa shape index (κ1) is 22.5. The van der Waals surface area contributed by atoms with Gasteiger partial charge in [0, 0.05) is 40.5 Å². The summed E-state index contributed by atoms with van der Waals surface area (Å²) in [6.07, 6.45) is 1.52. The average molecular weight is 491 g/mol. The van der Waals surface area contributed by atoms with E-state index >= 15 is 0 Å². The summed E-state index contributed by atoms with van der Waals surface area (Å²) >= 11 is 12.2. The smallest absolute Gasteiger partial charge is 0.232 e. The van der Waals surface area contributed by atoms with Crippen molar-refractivity contribution in [3.05, 3.63) is 70.7 Å². The highest BCUT2D eigenvalue weighted by atomic mass is 35.5. The van der Waals surface area contributed by atoms with Crippen LogP contribution in [0.15, 0.2) is 65.1 Å². The van der Waals surface area contributed by atoms with Gasteiger partial charge in [0.1, 0.15) is 11.2 Å². The number of carbonyl (C=O) groups excluding carboxylic acids is 1. The first-order valence-corrected chi connectivity index (χ1v) is 12.5. The van der Waals surface area contributed by atoms with Gasteiger partial charge in [-0.2, -0.15) is 0 Å². The van der Waals surface area contributed by atoms with Crippen molar-refractivity contribution in [3.8, 4) is 0 Å². The average Bonchev–Trinajstić information content (AvgIpc) is 3.10. The number of fused-ring (bicyclic) bond motifs is 3. The fourth-order valence-corrected chi connectivity index (χ4v) is 4.96. The van der Waals surface area contributed by atoms with Gasteiger partial charge in [0.25, 0.3) is 0 Å². The van der Waals surface area contributed by atoms with Crippen molar-refractivity contribution in [2.75, 3.05) is 22.4 Å². The van der Waals surface area contributed by atoms with Crippen LogP contribution in [0.4, 0.5) is 11.4 Å². The molecule has 166 valence electrons. The van der Waals surface area contributed by atoms with E-state index in [1.807, 2.05) is 36.4 Å². The van der Waals surface area contributed by atoms with Crippen molar-refractivity contribution in [2.45, 2.75) is 12.8 Å². The summed E-state index contributed by atoms with van der Waals surface area (Å²) in [6.45, 7) is 0.0922. The molecule has 6 nitrogen and oxygen atoms in total. The monoisotopic (exact) mass is 490 g/mol. The van der Waals surface area contributed by atoms with Crippen LogP contribution in [0.25, 0.3) is 21.9 Å². The Labute approximate surface area is 195 Å². The zero-order valence-electron chi connectivity index (χ0n) is 17.1. The molecule has 0 saturated heterocycles. The van der Waals surface area contributed by atoms with E-state index in [0.29, 0.717) is 22.7 Å². The van der Waals surface area contributed by atoms with Gasteiger partial charge in [0.15, 0.2) is 0 Å². The lowest BCUT2D eigenvalue weighted by Gasteiger charge is -2.23. The van der Waals surface area contributed by atoms with E-state index < -0.39 is 10.0 Å². The molecule has 1 aromatic heterocycles. The van der Waals surface area contributed by atoms with Crippen LogP contribution < -0.4 is 9.62 Å². The van der Waals surface area contributed by atoms with Gasteiger partial charge in [-0.25, -0.2) is 8.42 Å². The minimum Gasteiger partial charge on any atom is -0.456 e. The van der Waals surface area contributed by atoms with E-state index in [1.165, 1.54) is 12.1 Å². The van der Waals surface area contributed by atoms with Gasteiger partial charge < -0.3 is 9.73 Å². The molecule has 32 heavy (non-hydrogen) atoms. The van der Waals surface area contributed by atoms with Crippen LogP contribution in [-0.4, -0.2) is 27.1 Å². The number of anilines is 2. The molecule has 9 heteroatoms. The summed E-state index contributed by atoms with van der Waals surface area (Å²) in [6, 6.07) is 17.9.